The lowest BCUT2D eigenvalue weighted by Gasteiger charge is -2.08. The van der Waals surface area contributed by atoms with Crippen LogP contribution in [0.1, 0.15) is 22.3 Å². The molecule has 1 amide bonds. The van der Waals surface area contributed by atoms with E-state index in [0.29, 0.717) is 5.13 Å². The van der Waals surface area contributed by atoms with Crippen LogP contribution in [0, 0.1) is 0 Å². The Bertz CT molecular complexity index is 756. The molecule has 0 radical (unpaired) electrons. The summed E-state index contributed by atoms with van der Waals surface area (Å²) in [6.07, 6.45) is 2.62. The summed E-state index contributed by atoms with van der Waals surface area (Å²) in [6.45, 7) is 0. The Morgan fingerprint density at radius 3 is 2.83 bits per heavy atom. The Kier molecular flexibility index (Phi) is 5.12. The maximum Gasteiger partial charge on any atom is 0.232 e. The third kappa shape index (κ3) is 4.44. The monoisotopic (exact) mass is 344 g/mol. The molecule has 1 aromatic carbocycles. The number of thiazole rings is 2. The summed E-state index contributed by atoms with van der Waals surface area (Å²) in [5, 5.41) is 7.92. The van der Waals surface area contributed by atoms with Crippen LogP contribution in [-0.4, -0.2) is 15.9 Å². The molecule has 0 saturated carbocycles. The largest absolute Gasteiger partial charge is 0.322 e. The molecule has 5 nitrogen and oxygen atoms in total. The lowest BCUT2D eigenvalue weighted by molar-refractivity contribution is -0.115. The minimum Gasteiger partial charge on any atom is -0.322 e. The van der Waals surface area contributed by atoms with Crippen molar-refractivity contribution in [1.82, 2.24) is 9.97 Å². The molecule has 3 N–H and O–H groups in total. The molecule has 1 atom stereocenters. The Labute approximate surface area is 142 Å². The molecule has 0 saturated heterocycles. The summed E-state index contributed by atoms with van der Waals surface area (Å²) in [7, 11) is 0. The Hall–Kier alpha value is -2.09. The van der Waals surface area contributed by atoms with E-state index in [1.165, 1.54) is 28.2 Å². The van der Waals surface area contributed by atoms with E-state index in [-0.39, 0.29) is 18.4 Å². The molecule has 0 aliphatic carbocycles. The third-order valence-corrected chi connectivity index (χ3v) is 4.92. The molecular weight excluding hydrogens is 328 g/mol. The van der Waals surface area contributed by atoms with Crippen LogP contribution < -0.4 is 11.1 Å². The van der Waals surface area contributed by atoms with Crippen LogP contribution in [0.2, 0.25) is 0 Å². The van der Waals surface area contributed by atoms with Crippen molar-refractivity contribution >= 4 is 33.7 Å². The Morgan fingerprint density at radius 2 is 2.09 bits per heavy atom. The number of nitrogens with one attached hydrogen (secondary N) is 1. The number of nitrogens with two attached hydrogens (primary N) is 1. The second kappa shape index (κ2) is 7.45. The molecule has 0 bridgehead atoms. The summed E-state index contributed by atoms with van der Waals surface area (Å²) in [5.41, 5.74) is 8.14. The van der Waals surface area contributed by atoms with E-state index >= 15 is 0 Å². The summed E-state index contributed by atoms with van der Waals surface area (Å²) in [6, 6.07) is 9.93. The van der Waals surface area contributed by atoms with E-state index < -0.39 is 0 Å². The van der Waals surface area contributed by atoms with Gasteiger partial charge >= 0.3 is 0 Å². The zero-order valence-corrected chi connectivity index (χ0v) is 13.9. The van der Waals surface area contributed by atoms with E-state index in [1.807, 2.05) is 29.0 Å². The first kappa shape index (κ1) is 15.8. The standard InChI is InChI=1S/C16H16N4OS2/c17-13(8-11-4-2-1-3-5-11)15-19-12(10-23-15)9-14(21)20-16-18-6-7-22-16/h1-7,10,13H,8-9,17H2,(H,18,20,21). The van der Waals surface area contributed by atoms with Crippen molar-refractivity contribution in [3.63, 3.8) is 0 Å². The first-order valence-corrected chi connectivity index (χ1v) is 8.90. The fourth-order valence-corrected chi connectivity index (χ4v) is 3.51. The van der Waals surface area contributed by atoms with E-state index in [4.69, 9.17) is 5.73 Å². The summed E-state index contributed by atoms with van der Waals surface area (Å²) < 4.78 is 0. The number of hydrogen-bond donors (Lipinski definition) is 2. The topological polar surface area (TPSA) is 80.9 Å². The third-order valence-electron chi connectivity index (χ3n) is 3.21. The van der Waals surface area contributed by atoms with Gasteiger partial charge in [0.25, 0.3) is 0 Å². The number of hydrogen-bond acceptors (Lipinski definition) is 6. The number of rotatable bonds is 6. The van der Waals surface area contributed by atoms with Crippen LogP contribution in [0.15, 0.2) is 47.3 Å². The molecule has 2 heterocycles. The first-order chi connectivity index (χ1) is 11.2. The van der Waals surface area contributed by atoms with Crippen LogP contribution in [-0.2, 0) is 17.6 Å². The predicted molar refractivity (Wildman–Crippen MR) is 93.6 cm³/mol. The van der Waals surface area contributed by atoms with Gasteiger partial charge in [0, 0.05) is 17.0 Å². The van der Waals surface area contributed by atoms with Crippen molar-refractivity contribution in [3.8, 4) is 0 Å². The molecule has 7 heteroatoms. The summed E-state index contributed by atoms with van der Waals surface area (Å²) in [5.74, 6) is -0.117. The molecule has 1 unspecified atom stereocenters. The predicted octanol–water partition coefficient (Wildman–Crippen LogP) is 3.02. The van der Waals surface area contributed by atoms with Gasteiger partial charge in [0.1, 0.15) is 5.01 Å². The van der Waals surface area contributed by atoms with E-state index in [2.05, 4.69) is 27.4 Å². The van der Waals surface area contributed by atoms with Gasteiger partial charge in [-0.25, -0.2) is 9.97 Å². The molecule has 0 aliphatic rings. The fraction of sp³-hybridized carbons (Fsp3) is 0.188. The van der Waals surface area contributed by atoms with Gasteiger partial charge in [0.15, 0.2) is 5.13 Å². The minimum absolute atomic E-state index is 0.117. The summed E-state index contributed by atoms with van der Waals surface area (Å²) in [4.78, 5) is 20.5. The zero-order valence-electron chi connectivity index (χ0n) is 12.3. The molecule has 3 rings (SSSR count). The SMILES string of the molecule is NC(Cc1ccccc1)c1nc(CC(=O)Nc2nccs2)cs1. The lowest BCUT2D eigenvalue weighted by atomic mass is 10.1. The van der Waals surface area contributed by atoms with E-state index in [1.54, 1.807) is 6.20 Å². The molecule has 23 heavy (non-hydrogen) atoms. The zero-order chi connectivity index (χ0) is 16.1. The second-order valence-electron chi connectivity index (χ2n) is 5.04. The highest BCUT2D eigenvalue weighted by Crippen LogP contribution is 2.21. The molecule has 3 aromatic rings. The number of aromatic nitrogens is 2. The number of anilines is 1. The molecule has 2 aromatic heterocycles. The van der Waals surface area contributed by atoms with Gasteiger partial charge in [-0.3, -0.25) is 4.79 Å². The number of nitrogens with zero attached hydrogens (tertiary/aromatic N) is 2. The van der Waals surface area contributed by atoms with Crippen LogP contribution in [0.3, 0.4) is 0 Å². The van der Waals surface area contributed by atoms with Crippen molar-refractivity contribution in [3.05, 3.63) is 63.6 Å². The Morgan fingerprint density at radius 1 is 1.26 bits per heavy atom. The number of carbonyl (C=O) groups excluding carboxylic acids is 1. The van der Waals surface area contributed by atoms with Crippen molar-refractivity contribution < 1.29 is 4.79 Å². The van der Waals surface area contributed by atoms with Gasteiger partial charge in [0.05, 0.1) is 18.2 Å². The minimum atomic E-state index is -0.154. The molecular formula is C16H16N4OS2. The van der Waals surface area contributed by atoms with Crippen molar-refractivity contribution in [2.75, 3.05) is 5.32 Å². The molecule has 0 spiro atoms. The van der Waals surface area contributed by atoms with Gasteiger partial charge in [-0.05, 0) is 12.0 Å². The van der Waals surface area contributed by atoms with E-state index in [0.717, 1.165) is 17.1 Å². The number of benzene rings is 1. The number of amides is 1. The van der Waals surface area contributed by atoms with Crippen LogP contribution in [0.4, 0.5) is 5.13 Å². The second-order valence-corrected chi connectivity index (χ2v) is 6.82. The summed E-state index contributed by atoms with van der Waals surface area (Å²) >= 11 is 2.89. The maximum atomic E-state index is 11.9. The smallest absolute Gasteiger partial charge is 0.232 e. The van der Waals surface area contributed by atoms with Crippen LogP contribution in [0.25, 0.3) is 0 Å². The quantitative estimate of drug-likeness (QED) is 0.720. The lowest BCUT2D eigenvalue weighted by Crippen LogP contribution is -2.15. The average Bonchev–Trinajstić information content (AvgIpc) is 3.20. The molecule has 0 aliphatic heterocycles. The molecule has 118 valence electrons. The highest BCUT2D eigenvalue weighted by atomic mass is 32.1. The van der Waals surface area contributed by atoms with Crippen molar-refractivity contribution in [1.29, 1.82) is 0 Å². The Balaban J connectivity index is 1.58. The number of carbonyl (C=O) groups is 1. The normalized spacial score (nSPS) is 12.0. The van der Waals surface area contributed by atoms with Gasteiger partial charge in [-0.1, -0.05) is 30.3 Å². The van der Waals surface area contributed by atoms with Gasteiger partial charge in [-0.15, -0.1) is 22.7 Å². The fourth-order valence-electron chi connectivity index (χ4n) is 2.14. The van der Waals surface area contributed by atoms with Crippen LogP contribution >= 0.6 is 22.7 Å². The average molecular weight is 344 g/mol. The van der Waals surface area contributed by atoms with Crippen molar-refractivity contribution in [2.45, 2.75) is 18.9 Å². The van der Waals surface area contributed by atoms with Crippen LogP contribution in [0.5, 0.6) is 0 Å². The van der Waals surface area contributed by atoms with E-state index in [9.17, 15) is 4.79 Å². The highest BCUT2D eigenvalue weighted by Gasteiger charge is 2.14. The van der Waals surface area contributed by atoms with Gasteiger partial charge in [0.2, 0.25) is 5.91 Å². The van der Waals surface area contributed by atoms with Crippen molar-refractivity contribution in [2.24, 2.45) is 5.73 Å². The van der Waals surface area contributed by atoms with Gasteiger partial charge < -0.3 is 11.1 Å². The maximum absolute atomic E-state index is 11.9. The van der Waals surface area contributed by atoms with Gasteiger partial charge in [-0.2, -0.15) is 0 Å². The molecule has 0 fully saturated rings. The first-order valence-electron chi connectivity index (χ1n) is 7.14. The highest BCUT2D eigenvalue weighted by molar-refractivity contribution is 7.13.